The van der Waals surface area contributed by atoms with Crippen LogP contribution in [0.1, 0.15) is 24.3 Å². The van der Waals surface area contributed by atoms with Crippen LogP contribution in [-0.4, -0.2) is 25.3 Å². The fraction of sp³-hybridized carbons (Fsp3) is 0.545. The van der Waals surface area contributed by atoms with Crippen molar-refractivity contribution in [2.45, 2.75) is 18.8 Å². The lowest BCUT2D eigenvalue weighted by atomic mass is 9.93. The molecule has 1 aromatic heterocycles. The summed E-state index contributed by atoms with van der Waals surface area (Å²) in [6.07, 6.45) is 3.95. The summed E-state index contributed by atoms with van der Waals surface area (Å²) < 4.78 is 10.3. The first-order valence-corrected chi connectivity index (χ1v) is 5.18. The van der Waals surface area contributed by atoms with Crippen molar-refractivity contribution in [3.05, 3.63) is 17.8 Å². The number of methoxy groups -OCH3 is 1. The van der Waals surface area contributed by atoms with Gasteiger partial charge in [0.2, 0.25) is 5.88 Å². The molecular formula is C11H16N2O2. The highest BCUT2D eigenvalue weighted by Gasteiger charge is 2.17. The van der Waals surface area contributed by atoms with E-state index in [-0.39, 0.29) is 0 Å². The SMILES string of the molecule is COc1ncc(C2CCOCC2)cc1N. The second-order valence-corrected chi connectivity index (χ2v) is 3.75. The van der Waals surface area contributed by atoms with Gasteiger partial charge in [0.15, 0.2) is 0 Å². The van der Waals surface area contributed by atoms with Gasteiger partial charge in [0.1, 0.15) is 0 Å². The second-order valence-electron chi connectivity index (χ2n) is 3.75. The number of rotatable bonds is 2. The number of nitrogens with two attached hydrogens (primary N) is 1. The van der Waals surface area contributed by atoms with Gasteiger partial charge in [0.05, 0.1) is 12.8 Å². The summed E-state index contributed by atoms with van der Waals surface area (Å²) in [5.41, 5.74) is 7.62. The third-order valence-electron chi connectivity index (χ3n) is 2.79. The van der Waals surface area contributed by atoms with Gasteiger partial charge in [0, 0.05) is 19.4 Å². The topological polar surface area (TPSA) is 57.4 Å². The molecule has 15 heavy (non-hydrogen) atoms. The van der Waals surface area contributed by atoms with E-state index in [1.54, 1.807) is 7.11 Å². The Morgan fingerprint density at radius 1 is 1.47 bits per heavy atom. The minimum atomic E-state index is 0.505. The smallest absolute Gasteiger partial charge is 0.236 e. The Balaban J connectivity index is 2.17. The molecule has 1 saturated heterocycles. The van der Waals surface area contributed by atoms with E-state index in [2.05, 4.69) is 4.98 Å². The van der Waals surface area contributed by atoms with E-state index in [1.807, 2.05) is 12.3 Å². The minimum absolute atomic E-state index is 0.505. The maximum absolute atomic E-state index is 5.82. The summed E-state index contributed by atoms with van der Waals surface area (Å²) in [5.74, 6) is 1.03. The number of aromatic nitrogens is 1. The van der Waals surface area contributed by atoms with Crippen LogP contribution in [-0.2, 0) is 4.74 Å². The lowest BCUT2D eigenvalue weighted by Crippen LogP contribution is -2.14. The zero-order chi connectivity index (χ0) is 10.7. The predicted molar refractivity (Wildman–Crippen MR) is 58.0 cm³/mol. The van der Waals surface area contributed by atoms with E-state index in [0.29, 0.717) is 17.5 Å². The average Bonchev–Trinajstić information content (AvgIpc) is 2.30. The normalized spacial score (nSPS) is 17.7. The summed E-state index contributed by atoms with van der Waals surface area (Å²) in [7, 11) is 1.58. The molecule has 1 aliphatic rings. The van der Waals surface area contributed by atoms with Crippen molar-refractivity contribution in [2.24, 2.45) is 0 Å². The number of nitrogen functional groups attached to an aromatic ring is 1. The van der Waals surface area contributed by atoms with Crippen LogP contribution in [0.3, 0.4) is 0 Å². The molecule has 0 saturated carbocycles. The monoisotopic (exact) mass is 208 g/mol. The minimum Gasteiger partial charge on any atom is -0.480 e. The Morgan fingerprint density at radius 2 is 2.20 bits per heavy atom. The number of anilines is 1. The molecule has 1 aromatic rings. The molecule has 0 aliphatic carbocycles. The van der Waals surface area contributed by atoms with Gasteiger partial charge in [-0.25, -0.2) is 4.98 Å². The lowest BCUT2D eigenvalue weighted by molar-refractivity contribution is 0.0852. The molecule has 2 heterocycles. The largest absolute Gasteiger partial charge is 0.480 e. The van der Waals surface area contributed by atoms with Crippen molar-refractivity contribution in [1.29, 1.82) is 0 Å². The molecule has 2 rings (SSSR count). The molecule has 0 radical (unpaired) electrons. The molecule has 82 valence electrons. The molecule has 0 bridgehead atoms. The summed E-state index contributed by atoms with van der Waals surface area (Å²) >= 11 is 0. The highest BCUT2D eigenvalue weighted by atomic mass is 16.5. The molecule has 4 heteroatoms. The molecule has 1 aliphatic heterocycles. The molecule has 0 amide bonds. The van der Waals surface area contributed by atoms with Crippen LogP contribution in [0, 0.1) is 0 Å². The van der Waals surface area contributed by atoms with Gasteiger partial charge in [-0.2, -0.15) is 0 Å². The maximum atomic E-state index is 5.82. The van der Waals surface area contributed by atoms with E-state index < -0.39 is 0 Å². The summed E-state index contributed by atoms with van der Waals surface area (Å²) in [4.78, 5) is 4.18. The first-order valence-electron chi connectivity index (χ1n) is 5.18. The van der Waals surface area contributed by atoms with Crippen LogP contribution in [0.2, 0.25) is 0 Å². The molecule has 1 fully saturated rings. The Kier molecular flexibility index (Phi) is 3.06. The number of hydrogen-bond donors (Lipinski definition) is 1. The van der Waals surface area contributed by atoms with E-state index in [9.17, 15) is 0 Å². The fourth-order valence-corrected chi connectivity index (χ4v) is 1.91. The molecule has 0 atom stereocenters. The number of hydrogen-bond acceptors (Lipinski definition) is 4. The first kappa shape index (κ1) is 10.2. The van der Waals surface area contributed by atoms with Gasteiger partial charge >= 0.3 is 0 Å². The van der Waals surface area contributed by atoms with Crippen molar-refractivity contribution in [3.8, 4) is 5.88 Å². The van der Waals surface area contributed by atoms with Crippen molar-refractivity contribution < 1.29 is 9.47 Å². The van der Waals surface area contributed by atoms with Crippen LogP contribution in [0.5, 0.6) is 5.88 Å². The van der Waals surface area contributed by atoms with E-state index in [4.69, 9.17) is 15.2 Å². The third-order valence-corrected chi connectivity index (χ3v) is 2.79. The number of nitrogens with zero attached hydrogens (tertiary/aromatic N) is 1. The zero-order valence-electron chi connectivity index (χ0n) is 8.90. The zero-order valence-corrected chi connectivity index (χ0v) is 8.90. The van der Waals surface area contributed by atoms with Gasteiger partial charge in [-0.05, 0) is 30.4 Å². The molecule has 0 aromatic carbocycles. The Hall–Kier alpha value is -1.29. The molecule has 2 N–H and O–H groups in total. The van der Waals surface area contributed by atoms with Crippen molar-refractivity contribution >= 4 is 5.69 Å². The summed E-state index contributed by atoms with van der Waals surface area (Å²) in [5, 5.41) is 0. The van der Waals surface area contributed by atoms with Gasteiger partial charge in [-0.1, -0.05) is 0 Å². The predicted octanol–water partition coefficient (Wildman–Crippen LogP) is 1.57. The van der Waals surface area contributed by atoms with Crippen molar-refractivity contribution in [1.82, 2.24) is 4.98 Å². The molecular weight excluding hydrogens is 192 g/mol. The number of ether oxygens (including phenoxy) is 2. The number of pyridine rings is 1. The van der Waals surface area contributed by atoms with Crippen molar-refractivity contribution in [2.75, 3.05) is 26.1 Å². The second kappa shape index (κ2) is 4.49. The molecule has 4 nitrogen and oxygen atoms in total. The standard InChI is InChI=1S/C11H16N2O2/c1-14-11-10(12)6-9(7-13-11)8-2-4-15-5-3-8/h6-8H,2-5,12H2,1H3. The fourth-order valence-electron chi connectivity index (χ4n) is 1.91. The molecule has 0 unspecified atom stereocenters. The summed E-state index contributed by atoms with van der Waals surface area (Å²) in [6, 6.07) is 1.96. The van der Waals surface area contributed by atoms with Crippen LogP contribution < -0.4 is 10.5 Å². The highest BCUT2D eigenvalue weighted by Crippen LogP contribution is 2.29. The maximum Gasteiger partial charge on any atom is 0.236 e. The Morgan fingerprint density at radius 3 is 2.80 bits per heavy atom. The van der Waals surface area contributed by atoms with Crippen LogP contribution in [0.15, 0.2) is 12.3 Å². The third kappa shape index (κ3) is 2.21. The molecule has 0 spiro atoms. The van der Waals surface area contributed by atoms with Crippen molar-refractivity contribution in [3.63, 3.8) is 0 Å². The van der Waals surface area contributed by atoms with Gasteiger partial charge in [-0.15, -0.1) is 0 Å². The summed E-state index contributed by atoms with van der Waals surface area (Å²) in [6.45, 7) is 1.66. The average molecular weight is 208 g/mol. The Labute approximate surface area is 89.4 Å². The lowest BCUT2D eigenvalue weighted by Gasteiger charge is -2.22. The van der Waals surface area contributed by atoms with E-state index >= 15 is 0 Å². The van der Waals surface area contributed by atoms with Crippen LogP contribution in [0.4, 0.5) is 5.69 Å². The van der Waals surface area contributed by atoms with Gasteiger partial charge in [0.25, 0.3) is 0 Å². The van der Waals surface area contributed by atoms with E-state index in [1.165, 1.54) is 5.56 Å². The van der Waals surface area contributed by atoms with Crippen LogP contribution >= 0.6 is 0 Å². The van der Waals surface area contributed by atoms with Crippen LogP contribution in [0.25, 0.3) is 0 Å². The highest BCUT2D eigenvalue weighted by molar-refractivity contribution is 5.50. The van der Waals surface area contributed by atoms with Gasteiger partial charge < -0.3 is 15.2 Å². The quantitative estimate of drug-likeness (QED) is 0.801. The first-order chi connectivity index (χ1) is 7.31. The van der Waals surface area contributed by atoms with Gasteiger partial charge in [-0.3, -0.25) is 0 Å². The van der Waals surface area contributed by atoms with E-state index in [0.717, 1.165) is 26.1 Å². The Bertz CT molecular complexity index is 335.